The van der Waals surface area contributed by atoms with E-state index in [1.54, 1.807) is 19.1 Å². The van der Waals surface area contributed by atoms with E-state index in [0.717, 1.165) is 5.56 Å². The van der Waals surface area contributed by atoms with Crippen LogP contribution in [-0.2, 0) is 11.3 Å². The van der Waals surface area contributed by atoms with Crippen molar-refractivity contribution in [1.29, 1.82) is 0 Å². The highest BCUT2D eigenvalue weighted by Gasteiger charge is 2.05. The zero-order chi connectivity index (χ0) is 13.7. The molecule has 2 aromatic rings. The first-order chi connectivity index (χ1) is 9.15. The lowest BCUT2D eigenvalue weighted by Crippen LogP contribution is -2.13. The van der Waals surface area contributed by atoms with Crippen molar-refractivity contribution in [3.63, 3.8) is 0 Å². The Kier molecular flexibility index (Phi) is 4.13. The van der Waals surface area contributed by atoms with E-state index >= 15 is 0 Å². The highest BCUT2D eigenvalue weighted by atomic mass is 19.1. The summed E-state index contributed by atoms with van der Waals surface area (Å²) < 4.78 is 18.3. The molecule has 0 aliphatic rings. The molecule has 2 aromatic carbocycles. The van der Waals surface area contributed by atoms with Crippen molar-refractivity contribution in [3.05, 3.63) is 65.5 Å². The predicted molar refractivity (Wildman–Crippen MR) is 71.4 cm³/mol. The van der Waals surface area contributed by atoms with E-state index in [9.17, 15) is 9.18 Å². The van der Waals surface area contributed by atoms with Crippen LogP contribution in [0.5, 0.6) is 0 Å². The first-order valence-corrected chi connectivity index (χ1v) is 5.89. The fourth-order valence-corrected chi connectivity index (χ4v) is 1.55. The lowest BCUT2D eigenvalue weighted by Gasteiger charge is -2.07. The summed E-state index contributed by atoms with van der Waals surface area (Å²) in [5.41, 5.74) is 1.80. The number of benzene rings is 2. The summed E-state index contributed by atoms with van der Waals surface area (Å²) in [5, 5.41) is 2.48. The molecule has 0 saturated carbocycles. The van der Waals surface area contributed by atoms with Crippen LogP contribution in [-0.4, -0.2) is 6.09 Å². The summed E-state index contributed by atoms with van der Waals surface area (Å²) in [5.74, 6) is -0.360. The molecule has 0 radical (unpaired) electrons. The molecule has 0 unspecified atom stereocenters. The quantitative estimate of drug-likeness (QED) is 0.908. The minimum Gasteiger partial charge on any atom is -0.444 e. The minimum absolute atomic E-state index is 0.182. The maximum atomic E-state index is 13.3. The van der Waals surface area contributed by atoms with Crippen LogP contribution in [0.25, 0.3) is 0 Å². The number of nitrogens with one attached hydrogen (secondary N) is 1. The summed E-state index contributed by atoms with van der Waals surface area (Å²) in [6.07, 6.45) is -0.605. The molecule has 4 heteroatoms. The van der Waals surface area contributed by atoms with E-state index in [1.165, 1.54) is 6.07 Å². The third-order valence-corrected chi connectivity index (χ3v) is 2.63. The third kappa shape index (κ3) is 3.81. The molecule has 0 aliphatic heterocycles. The van der Waals surface area contributed by atoms with Crippen molar-refractivity contribution < 1.29 is 13.9 Å². The maximum Gasteiger partial charge on any atom is 0.411 e. The predicted octanol–water partition coefficient (Wildman–Crippen LogP) is 3.88. The lowest BCUT2D eigenvalue weighted by atomic mass is 10.2. The Morgan fingerprint density at radius 1 is 1.21 bits per heavy atom. The molecule has 0 bridgehead atoms. The van der Waals surface area contributed by atoms with Gasteiger partial charge in [-0.3, -0.25) is 5.32 Å². The molecule has 0 heterocycles. The van der Waals surface area contributed by atoms with Crippen LogP contribution in [0.1, 0.15) is 11.1 Å². The average molecular weight is 259 g/mol. The molecule has 0 saturated heterocycles. The van der Waals surface area contributed by atoms with Gasteiger partial charge in [-0.15, -0.1) is 0 Å². The van der Waals surface area contributed by atoms with Gasteiger partial charge in [0.15, 0.2) is 0 Å². The maximum absolute atomic E-state index is 13.3. The largest absolute Gasteiger partial charge is 0.444 e. The van der Waals surface area contributed by atoms with E-state index in [-0.39, 0.29) is 12.4 Å². The van der Waals surface area contributed by atoms with Gasteiger partial charge in [-0.05, 0) is 30.2 Å². The zero-order valence-corrected chi connectivity index (χ0v) is 10.5. The molecular weight excluding hydrogens is 245 g/mol. The van der Waals surface area contributed by atoms with Gasteiger partial charge in [0.2, 0.25) is 0 Å². The van der Waals surface area contributed by atoms with Crippen LogP contribution in [0.3, 0.4) is 0 Å². The Labute approximate surface area is 111 Å². The number of aryl methyl sites for hydroxylation is 1. The fraction of sp³-hybridized carbons (Fsp3) is 0.133. The third-order valence-electron chi connectivity index (χ3n) is 2.63. The van der Waals surface area contributed by atoms with Gasteiger partial charge in [0.25, 0.3) is 0 Å². The van der Waals surface area contributed by atoms with Crippen molar-refractivity contribution in [2.45, 2.75) is 13.5 Å². The van der Waals surface area contributed by atoms with Crippen LogP contribution in [0.2, 0.25) is 0 Å². The van der Waals surface area contributed by atoms with Gasteiger partial charge < -0.3 is 4.74 Å². The van der Waals surface area contributed by atoms with E-state index in [0.29, 0.717) is 11.3 Å². The zero-order valence-electron chi connectivity index (χ0n) is 10.5. The van der Waals surface area contributed by atoms with E-state index in [1.807, 2.05) is 30.3 Å². The number of hydrogen-bond acceptors (Lipinski definition) is 2. The molecule has 98 valence electrons. The molecule has 1 amide bonds. The Bertz CT molecular complexity index is 570. The van der Waals surface area contributed by atoms with Crippen molar-refractivity contribution in [3.8, 4) is 0 Å². The monoisotopic (exact) mass is 259 g/mol. The lowest BCUT2D eigenvalue weighted by molar-refractivity contribution is 0.155. The second-order valence-corrected chi connectivity index (χ2v) is 4.15. The second-order valence-electron chi connectivity index (χ2n) is 4.15. The first kappa shape index (κ1) is 13.1. The number of rotatable bonds is 3. The summed E-state index contributed by atoms with van der Waals surface area (Å²) in [7, 11) is 0. The van der Waals surface area contributed by atoms with E-state index in [4.69, 9.17) is 4.74 Å². The van der Waals surface area contributed by atoms with Gasteiger partial charge in [0.05, 0.1) is 0 Å². The standard InChI is InChI=1S/C15H14FNO2/c1-11-7-8-13(9-14(11)16)17-15(18)19-10-12-5-3-2-4-6-12/h2-9H,10H2,1H3,(H,17,18). The molecule has 0 spiro atoms. The summed E-state index contributed by atoms with van der Waals surface area (Å²) >= 11 is 0. The fourth-order valence-electron chi connectivity index (χ4n) is 1.55. The van der Waals surface area contributed by atoms with Gasteiger partial charge in [0.1, 0.15) is 12.4 Å². The van der Waals surface area contributed by atoms with E-state index in [2.05, 4.69) is 5.32 Å². The van der Waals surface area contributed by atoms with E-state index < -0.39 is 6.09 Å². The number of halogens is 1. The number of carbonyl (C=O) groups is 1. The molecule has 19 heavy (non-hydrogen) atoms. The molecular formula is C15H14FNO2. The SMILES string of the molecule is Cc1ccc(NC(=O)OCc2ccccc2)cc1F. The van der Waals surface area contributed by atoms with Crippen LogP contribution in [0.15, 0.2) is 48.5 Å². The summed E-state index contributed by atoms with van der Waals surface area (Å²) in [6, 6.07) is 13.8. The van der Waals surface area contributed by atoms with Crippen LogP contribution >= 0.6 is 0 Å². The molecule has 0 aromatic heterocycles. The summed E-state index contributed by atoms with van der Waals surface area (Å²) in [6.45, 7) is 1.84. The topological polar surface area (TPSA) is 38.3 Å². The molecule has 3 nitrogen and oxygen atoms in total. The summed E-state index contributed by atoms with van der Waals surface area (Å²) in [4.78, 5) is 11.5. The number of amides is 1. The number of anilines is 1. The highest BCUT2D eigenvalue weighted by Crippen LogP contribution is 2.14. The Morgan fingerprint density at radius 3 is 2.63 bits per heavy atom. The van der Waals surface area contributed by atoms with Gasteiger partial charge in [-0.25, -0.2) is 9.18 Å². The molecule has 1 N–H and O–H groups in total. The van der Waals surface area contributed by atoms with Crippen molar-refractivity contribution in [1.82, 2.24) is 0 Å². The number of carbonyl (C=O) groups excluding carboxylic acids is 1. The van der Waals surface area contributed by atoms with Crippen LogP contribution in [0, 0.1) is 12.7 Å². The normalized spacial score (nSPS) is 10.0. The van der Waals surface area contributed by atoms with Crippen molar-refractivity contribution in [2.75, 3.05) is 5.32 Å². The Balaban J connectivity index is 1.89. The average Bonchev–Trinajstić information content (AvgIpc) is 2.42. The van der Waals surface area contributed by atoms with Gasteiger partial charge in [-0.1, -0.05) is 36.4 Å². The molecule has 0 fully saturated rings. The molecule has 0 atom stereocenters. The minimum atomic E-state index is -0.605. The second kappa shape index (κ2) is 6.00. The van der Waals surface area contributed by atoms with Gasteiger partial charge in [0, 0.05) is 5.69 Å². The highest BCUT2D eigenvalue weighted by molar-refractivity contribution is 5.84. The van der Waals surface area contributed by atoms with Crippen LogP contribution < -0.4 is 5.32 Å². The number of ether oxygens (including phenoxy) is 1. The van der Waals surface area contributed by atoms with Crippen LogP contribution in [0.4, 0.5) is 14.9 Å². The van der Waals surface area contributed by atoms with Gasteiger partial charge >= 0.3 is 6.09 Å². The Morgan fingerprint density at radius 2 is 1.95 bits per heavy atom. The Hall–Kier alpha value is -2.36. The first-order valence-electron chi connectivity index (χ1n) is 5.89. The van der Waals surface area contributed by atoms with Crippen molar-refractivity contribution in [2.24, 2.45) is 0 Å². The molecule has 0 aliphatic carbocycles. The number of hydrogen-bond donors (Lipinski definition) is 1. The molecule has 2 rings (SSSR count). The smallest absolute Gasteiger partial charge is 0.411 e. The van der Waals surface area contributed by atoms with Crippen molar-refractivity contribution >= 4 is 11.8 Å². The van der Waals surface area contributed by atoms with Gasteiger partial charge in [-0.2, -0.15) is 0 Å².